The van der Waals surface area contributed by atoms with Crippen molar-refractivity contribution in [2.24, 2.45) is 0 Å². The fourth-order valence-corrected chi connectivity index (χ4v) is 4.62. The molecule has 0 radical (unpaired) electrons. The molecule has 9 heteroatoms. The van der Waals surface area contributed by atoms with Crippen LogP contribution < -0.4 is 10.7 Å². The summed E-state index contributed by atoms with van der Waals surface area (Å²) in [5.41, 5.74) is 0.731. The lowest BCUT2D eigenvalue weighted by molar-refractivity contribution is -0.119. The quantitative estimate of drug-likeness (QED) is 0.531. The molecule has 4 aromatic rings. The fourth-order valence-electron chi connectivity index (χ4n) is 3.75. The van der Waals surface area contributed by atoms with Crippen molar-refractivity contribution in [3.63, 3.8) is 0 Å². The number of nitrogens with zero attached hydrogens (tertiary/aromatic N) is 3. The van der Waals surface area contributed by atoms with Gasteiger partial charge in [-0.1, -0.05) is 35.6 Å². The zero-order valence-electron chi connectivity index (χ0n) is 15.8. The van der Waals surface area contributed by atoms with Crippen molar-refractivity contribution in [3.05, 3.63) is 64.4 Å². The number of hydrogen-bond acceptors (Lipinski definition) is 6. The summed E-state index contributed by atoms with van der Waals surface area (Å²) in [7, 11) is 0. The standard InChI is InChI=1S/C21H17N5O3S/c27-18-12-6-1-2-7-13(12)24-25-17(18)20(29)26-11-5-9-15(26)19(28)23-21-22-14-8-3-4-10-16(14)30-21/h1-4,6-8,10,15H,5,9,11H2,(H,24,27)(H,22,23,28). The number of H-pyrrole nitrogens is 1. The van der Waals surface area contributed by atoms with E-state index < -0.39 is 17.4 Å². The van der Waals surface area contributed by atoms with Gasteiger partial charge in [-0.3, -0.25) is 19.5 Å². The molecule has 1 saturated heterocycles. The molecule has 150 valence electrons. The lowest BCUT2D eigenvalue weighted by Crippen LogP contribution is -2.44. The van der Waals surface area contributed by atoms with Crippen LogP contribution in [-0.2, 0) is 4.79 Å². The first-order valence-electron chi connectivity index (χ1n) is 9.56. The van der Waals surface area contributed by atoms with Gasteiger partial charge in [0.1, 0.15) is 6.04 Å². The van der Waals surface area contributed by atoms with Crippen molar-refractivity contribution in [2.45, 2.75) is 18.9 Å². The Bertz CT molecular complexity index is 1310. The molecule has 1 unspecified atom stereocenters. The minimum absolute atomic E-state index is 0.201. The third-order valence-electron chi connectivity index (χ3n) is 5.22. The maximum absolute atomic E-state index is 13.1. The molecule has 1 fully saturated rings. The molecule has 0 saturated carbocycles. The molecule has 1 aliphatic heterocycles. The van der Waals surface area contributed by atoms with Gasteiger partial charge in [0.05, 0.1) is 15.7 Å². The second kappa shape index (κ2) is 7.34. The van der Waals surface area contributed by atoms with Gasteiger partial charge in [0.15, 0.2) is 10.8 Å². The SMILES string of the molecule is O=C(Nc1nc2ccccc2s1)C1CCCN1C(=O)c1n[nH]c2ccccc2c1=O. The summed E-state index contributed by atoms with van der Waals surface area (Å²) in [5.74, 6) is -0.846. The van der Waals surface area contributed by atoms with Gasteiger partial charge in [-0.25, -0.2) is 4.98 Å². The Kier molecular flexibility index (Phi) is 4.51. The van der Waals surface area contributed by atoms with E-state index in [0.717, 1.165) is 10.2 Å². The van der Waals surface area contributed by atoms with E-state index in [4.69, 9.17) is 0 Å². The highest BCUT2D eigenvalue weighted by molar-refractivity contribution is 7.22. The highest BCUT2D eigenvalue weighted by atomic mass is 32.1. The Balaban J connectivity index is 1.40. The van der Waals surface area contributed by atoms with Gasteiger partial charge >= 0.3 is 0 Å². The van der Waals surface area contributed by atoms with Gasteiger partial charge in [0.2, 0.25) is 11.3 Å². The number of para-hydroxylation sites is 2. The van der Waals surface area contributed by atoms with Gasteiger partial charge in [-0.2, -0.15) is 5.10 Å². The molecule has 8 nitrogen and oxygen atoms in total. The zero-order chi connectivity index (χ0) is 20.7. The average molecular weight is 419 g/mol. The molecule has 3 heterocycles. The van der Waals surface area contributed by atoms with Gasteiger partial charge in [-0.15, -0.1) is 0 Å². The van der Waals surface area contributed by atoms with Crippen molar-refractivity contribution >= 4 is 49.4 Å². The Morgan fingerprint density at radius 1 is 1.13 bits per heavy atom. The van der Waals surface area contributed by atoms with Gasteiger partial charge in [0.25, 0.3) is 5.91 Å². The number of carbonyl (C=O) groups is 2. The number of amides is 2. The monoisotopic (exact) mass is 419 g/mol. The molecule has 1 atom stereocenters. The molecule has 2 aromatic carbocycles. The number of nitrogens with one attached hydrogen (secondary N) is 2. The van der Waals surface area contributed by atoms with Crippen LogP contribution in [0.5, 0.6) is 0 Å². The summed E-state index contributed by atoms with van der Waals surface area (Å²) in [5, 5.41) is 10.4. The Morgan fingerprint density at radius 3 is 2.80 bits per heavy atom. The third kappa shape index (κ3) is 3.13. The van der Waals surface area contributed by atoms with Crippen LogP contribution in [0.2, 0.25) is 0 Å². The number of thiazole rings is 1. The van der Waals surface area contributed by atoms with Crippen molar-refractivity contribution < 1.29 is 9.59 Å². The largest absolute Gasteiger partial charge is 0.325 e. The summed E-state index contributed by atoms with van der Waals surface area (Å²) < 4.78 is 0.971. The first-order chi connectivity index (χ1) is 14.6. The predicted octanol–water partition coefficient (Wildman–Crippen LogP) is 2.78. The van der Waals surface area contributed by atoms with Crippen LogP contribution in [0.3, 0.4) is 0 Å². The van der Waals surface area contributed by atoms with Crippen LogP contribution in [0.4, 0.5) is 5.13 Å². The van der Waals surface area contributed by atoms with E-state index >= 15 is 0 Å². The molecule has 5 rings (SSSR count). The molecular formula is C21H17N5O3S. The molecule has 30 heavy (non-hydrogen) atoms. The molecule has 0 spiro atoms. The molecule has 0 aliphatic carbocycles. The number of fused-ring (bicyclic) bond motifs is 2. The maximum Gasteiger partial charge on any atom is 0.279 e. The van der Waals surface area contributed by atoms with Gasteiger partial charge in [0, 0.05) is 11.9 Å². The van der Waals surface area contributed by atoms with Crippen LogP contribution in [0.25, 0.3) is 21.1 Å². The maximum atomic E-state index is 13.1. The van der Waals surface area contributed by atoms with Gasteiger partial charge in [-0.05, 0) is 37.1 Å². The number of anilines is 1. The number of likely N-dealkylation sites (tertiary alicyclic amines) is 1. The van der Waals surface area contributed by atoms with Crippen molar-refractivity contribution in [2.75, 3.05) is 11.9 Å². The second-order valence-electron chi connectivity index (χ2n) is 7.08. The Labute approximate surface area is 174 Å². The zero-order valence-corrected chi connectivity index (χ0v) is 16.6. The first-order valence-corrected chi connectivity index (χ1v) is 10.4. The number of rotatable bonds is 3. The van der Waals surface area contributed by atoms with Crippen molar-refractivity contribution in [1.82, 2.24) is 20.1 Å². The average Bonchev–Trinajstić information content (AvgIpc) is 3.40. The smallest absolute Gasteiger partial charge is 0.279 e. The van der Waals surface area contributed by atoms with Crippen LogP contribution in [0.15, 0.2) is 53.3 Å². The van der Waals surface area contributed by atoms with E-state index in [9.17, 15) is 14.4 Å². The second-order valence-corrected chi connectivity index (χ2v) is 8.11. The number of aromatic amines is 1. The number of aromatic nitrogens is 3. The molecule has 2 amide bonds. The van der Waals surface area contributed by atoms with E-state index in [1.165, 1.54) is 16.2 Å². The topological polar surface area (TPSA) is 108 Å². The van der Waals surface area contributed by atoms with E-state index in [1.807, 2.05) is 24.3 Å². The highest BCUT2D eigenvalue weighted by Crippen LogP contribution is 2.27. The summed E-state index contributed by atoms with van der Waals surface area (Å²) in [4.78, 5) is 44.6. The number of hydrogen-bond donors (Lipinski definition) is 2. The summed E-state index contributed by atoms with van der Waals surface area (Å²) >= 11 is 1.38. The lowest BCUT2D eigenvalue weighted by atomic mass is 10.1. The van der Waals surface area contributed by atoms with E-state index in [1.54, 1.807) is 24.3 Å². The molecule has 1 aliphatic rings. The van der Waals surface area contributed by atoms with E-state index in [-0.39, 0.29) is 11.6 Å². The lowest BCUT2D eigenvalue weighted by Gasteiger charge is -2.22. The van der Waals surface area contributed by atoms with Crippen LogP contribution >= 0.6 is 11.3 Å². The summed E-state index contributed by atoms with van der Waals surface area (Å²) in [6, 6.07) is 13.8. The predicted molar refractivity (Wildman–Crippen MR) is 115 cm³/mol. The first kappa shape index (κ1) is 18.4. The van der Waals surface area contributed by atoms with E-state index in [2.05, 4.69) is 20.5 Å². The Hall–Kier alpha value is -3.59. The third-order valence-corrected chi connectivity index (χ3v) is 6.17. The highest BCUT2D eigenvalue weighted by Gasteiger charge is 2.36. The fraction of sp³-hybridized carbons (Fsp3) is 0.190. The summed E-state index contributed by atoms with van der Waals surface area (Å²) in [6.07, 6.45) is 1.20. The van der Waals surface area contributed by atoms with Crippen LogP contribution in [0, 0.1) is 0 Å². The minimum Gasteiger partial charge on any atom is -0.325 e. The van der Waals surface area contributed by atoms with Crippen LogP contribution in [0.1, 0.15) is 23.3 Å². The summed E-state index contributed by atoms with van der Waals surface area (Å²) in [6.45, 7) is 0.394. The Morgan fingerprint density at radius 2 is 1.93 bits per heavy atom. The van der Waals surface area contributed by atoms with Crippen LogP contribution in [-0.4, -0.2) is 44.5 Å². The van der Waals surface area contributed by atoms with E-state index in [0.29, 0.717) is 35.4 Å². The van der Waals surface area contributed by atoms with Crippen molar-refractivity contribution in [1.29, 1.82) is 0 Å². The molecule has 2 N–H and O–H groups in total. The normalized spacial score (nSPS) is 16.3. The molecular weight excluding hydrogens is 402 g/mol. The number of carbonyl (C=O) groups excluding carboxylic acids is 2. The molecule has 2 aromatic heterocycles. The van der Waals surface area contributed by atoms with Crippen molar-refractivity contribution in [3.8, 4) is 0 Å². The molecule has 0 bridgehead atoms. The van der Waals surface area contributed by atoms with Gasteiger partial charge < -0.3 is 10.2 Å². The minimum atomic E-state index is -0.669. The number of benzene rings is 2.